The third-order valence-corrected chi connectivity index (χ3v) is 7.15. The van der Waals surface area contributed by atoms with E-state index in [1.807, 2.05) is 53.6 Å². The van der Waals surface area contributed by atoms with Crippen LogP contribution in [0, 0.1) is 20.8 Å². The van der Waals surface area contributed by atoms with Crippen molar-refractivity contribution in [2.24, 2.45) is 0 Å². The van der Waals surface area contributed by atoms with Crippen molar-refractivity contribution < 1.29 is 4.79 Å². The van der Waals surface area contributed by atoms with Crippen molar-refractivity contribution >= 4 is 22.4 Å². The first-order valence-corrected chi connectivity index (χ1v) is 12.1. The van der Waals surface area contributed by atoms with E-state index in [9.17, 15) is 9.59 Å². The third kappa shape index (κ3) is 4.11. The van der Waals surface area contributed by atoms with Crippen molar-refractivity contribution in [3.05, 3.63) is 88.1 Å². The summed E-state index contributed by atoms with van der Waals surface area (Å²) in [6, 6.07) is 18.1. The topological polar surface area (TPSA) is 63.4 Å². The number of aryl methyl sites for hydroxylation is 3. The molecule has 180 valence electrons. The smallest absolute Gasteiger partial charge is 0.281 e. The third-order valence-electron chi connectivity index (χ3n) is 7.15. The quantitative estimate of drug-likeness (QED) is 0.456. The molecule has 7 nitrogen and oxygen atoms in total. The highest BCUT2D eigenvalue weighted by Gasteiger charge is 2.28. The minimum Gasteiger partial charge on any atom is -0.365 e. The summed E-state index contributed by atoms with van der Waals surface area (Å²) in [5, 5.41) is 5.82. The number of aromatic nitrogens is 3. The monoisotopic (exact) mass is 469 g/mol. The van der Waals surface area contributed by atoms with Crippen molar-refractivity contribution in [1.82, 2.24) is 19.2 Å². The van der Waals surface area contributed by atoms with Crippen molar-refractivity contribution in [2.45, 2.75) is 40.3 Å². The minimum atomic E-state index is -0.166. The van der Waals surface area contributed by atoms with Crippen LogP contribution in [0.5, 0.6) is 0 Å². The maximum Gasteiger partial charge on any atom is 0.281 e. The van der Waals surface area contributed by atoms with Gasteiger partial charge in [-0.3, -0.25) is 9.59 Å². The lowest BCUT2D eigenvalue weighted by atomic mass is 10.1. The van der Waals surface area contributed by atoms with Crippen molar-refractivity contribution in [3.63, 3.8) is 0 Å². The summed E-state index contributed by atoms with van der Waals surface area (Å²) in [4.78, 5) is 31.0. The average Bonchev–Trinajstić information content (AvgIpc) is 3.10. The van der Waals surface area contributed by atoms with E-state index in [4.69, 9.17) is 0 Å². The van der Waals surface area contributed by atoms with Crippen LogP contribution in [0.15, 0.2) is 65.6 Å². The van der Waals surface area contributed by atoms with Gasteiger partial charge in [0.2, 0.25) is 5.91 Å². The van der Waals surface area contributed by atoms with Gasteiger partial charge in [-0.25, -0.2) is 0 Å². The average molecular weight is 470 g/mol. The molecule has 0 radical (unpaired) electrons. The maximum absolute atomic E-state index is 13.4. The Hall–Kier alpha value is -3.87. The van der Waals surface area contributed by atoms with Crippen LogP contribution in [0.2, 0.25) is 0 Å². The number of anilines is 1. The van der Waals surface area contributed by atoms with E-state index in [0.717, 1.165) is 29.0 Å². The fourth-order valence-corrected chi connectivity index (χ4v) is 5.21. The molecule has 1 aliphatic rings. The van der Waals surface area contributed by atoms with Gasteiger partial charge in [-0.15, -0.1) is 0 Å². The first-order valence-electron chi connectivity index (χ1n) is 12.1. The first-order chi connectivity index (χ1) is 16.8. The fourth-order valence-electron chi connectivity index (χ4n) is 5.21. The molecule has 0 aliphatic carbocycles. The van der Waals surface area contributed by atoms with Gasteiger partial charge in [-0.2, -0.15) is 9.78 Å². The summed E-state index contributed by atoms with van der Waals surface area (Å²) in [7, 11) is 0. The molecular weight excluding hydrogens is 438 g/mol. The van der Waals surface area contributed by atoms with E-state index in [1.54, 1.807) is 6.20 Å². The van der Waals surface area contributed by atoms with E-state index in [2.05, 4.69) is 48.1 Å². The van der Waals surface area contributed by atoms with E-state index >= 15 is 0 Å². The number of carbonyl (C=O) groups is 1. The lowest BCUT2D eigenvalue weighted by Crippen LogP contribution is -2.54. The molecule has 4 aromatic rings. The standard InChI is InChI=1S/C28H31N5O2/c1-19-9-8-12-24(15-19)31-14-13-30(17-20(31)2)26(34)18-32-21(3)25-16-29-33(23-10-6-5-7-11-23)28(35)27(25)22(32)4/h5-12,15-16,20H,13-14,17-18H2,1-4H3/t20-/m1/s1. The van der Waals surface area contributed by atoms with Crippen LogP contribution < -0.4 is 10.5 Å². The summed E-state index contributed by atoms with van der Waals surface area (Å²) in [6.07, 6.45) is 1.73. The molecule has 7 heteroatoms. The lowest BCUT2D eigenvalue weighted by Gasteiger charge is -2.41. The molecule has 2 aromatic heterocycles. The summed E-state index contributed by atoms with van der Waals surface area (Å²) in [5.41, 5.74) is 4.69. The number of para-hydroxylation sites is 1. The number of rotatable bonds is 4. The zero-order valence-electron chi connectivity index (χ0n) is 20.7. The Labute approximate surface area is 205 Å². The van der Waals surface area contributed by atoms with E-state index < -0.39 is 0 Å². The predicted molar refractivity (Wildman–Crippen MR) is 139 cm³/mol. The van der Waals surface area contributed by atoms with Gasteiger partial charge in [-0.1, -0.05) is 30.3 Å². The van der Waals surface area contributed by atoms with Crippen LogP contribution in [-0.2, 0) is 11.3 Å². The Morgan fingerprint density at radius 2 is 1.71 bits per heavy atom. The van der Waals surface area contributed by atoms with Crippen molar-refractivity contribution in [1.29, 1.82) is 0 Å². The van der Waals surface area contributed by atoms with E-state index in [0.29, 0.717) is 18.5 Å². The maximum atomic E-state index is 13.4. The number of piperazine rings is 1. The molecule has 3 heterocycles. The molecule has 35 heavy (non-hydrogen) atoms. The minimum absolute atomic E-state index is 0.0728. The van der Waals surface area contributed by atoms with Crippen molar-refractivity contribution in [3.8, 4) is 5.69 Å². The Kier molecular flexibility index (Phi) is 5.93. The highest BCUT2D eigenvalue weighted by Crippen LogP contribution is 2.24. The molecule has 0 saturated carbocycles. The molecule has 2 aromatic carbocycles. The van der Waals surface area contributed by atoms with Gasteiger partial charge in [0.25, 0.3) is 5.56 Å². The van der Waals surface area contributed by atoms with Crippen LogP contribution >= 0.6 is 0 Å². The fraction of sp³-hybridized carbons (Fsp3) is 0.321. The molecule has 0 spiro atoms. The second-order valence-electron chi connectivity index (χ2n) is 9.46. The highest BCUT2D eigenvalue weighted by molar-refractivity contribution is 5.88. The van der Waals surface area contributed by atoms with Crippen LogP contribution in [0.1, 0.15) is 23.9 Å². The molecule has 5 rings (SSSR count). The number of nitrogens with zero attached hydrogens (tertiary/aromatic N) is 5. The number of hydrogen-bond donors (Lipinski definition) is 0. The lowest BCUT2D eigenvalue weighted by molar-refractivity contribution is -0.132. The van der Waals surface area contributed by atoms with Gasteiger partial charge in [0.1, 0.15) is 6.54 Å². The predicted octanol–water partition coefficient (Wildman–Crippen LogP) is 3.85. The number of carbonyl (C=O) groups excluding carboxylic acids is 1. The summed E-state index contributed by atoms with van der Waals surface area (Å²) in [5.74, 6) is 0.0728. The number of fused-ring (bicyclic) bond motifs is 1. The second kappa shape index (κ2) is 9.06. The number of benzene rings is 2. The zero-order chi connectivity index (χ0) is 24.7. The molecule has 0 bridgehead atoms. The van der Waals surface area contributed by atoms with Gasteiger partial charge in [0, 0.05) is 48.1 Å². The molecule has 0 N–H and O–H groups in total. The molecule has 1 fully saturated rings. The summed E-state index contributed by atoms with van der Waals surface area (Å²) < 4.78 is 3.39. The Bertz CT molecular complexity index is 1450. The Morgan fingerprint density at radius 1 is 0.971 bits per heavy atom. The van der Waals surface area contributed by atoms with Gasteiger partial charge < -0.3 is 14.4 Å². The van der Waals surface area contributed by atoms with Gasteiger partial charge in [0.05, 0.1) is 17.3 Å². The summed E-state index contributed by atoms with van der Waals surface area (Å²) >= 11 is 0. The first kappa shape index (κ1) is 22.9. The highest BCUT2D eigenvalue weighted by atomic mass is 16.2. The molecule has 1 amide bonds. The molecule has 1 saturated heterocycles. The van der Waals surface area contributed by atoms with Gasteiger partial charge >= 0.3 is 0 Å². The van der Waals surface area contributed by atoms with Crippen LogP contribution in [0.3, 0.4) is 0 Å². The normalized spacial score (nSPS) is 16.2. The van der Waals surface area contributed by atoms with Crippen molar-refractivity contribution in [2.75, 3.05) is 24.5 Å². The molecule has 1 atom stereocenters. The SMILES string of the molecule is Cc1cccc(N2CCN(C(=O)Cn3c(C)c4cnn(-c5ccccc5)c(=O)c4c3C)C[C@H]2C)c1. The summed E-state index contributed by atoms with van der Waals surface area (Å²) in [6.45, 7) is 10.5. The van der Waals surface area contributed by atoms with E-state index in [-0.39, 0.29) is 24.1 Å². The number of amides is 1. The molecule has 1 aliphatic heterocycles. The van der Waals surface area contributed by atoms with E-state index in [1.165, 1.54) is 15.9 Å². The van der Waals surface area contributed by atoms with Gasteiger partial charge in [0.15, 0.2) is 0 Å². The van der Waals surface area contributed by atoms with Crippen LogP contribution in [-0.4, -0.2) is 50.8 Å². The van der Waals surface area contributed by atoms with Crippen LogP contribution in [0.25, 0.3) is 16.5 Å². The zero-order valence-corrected chi connectivity index (χ0v) is 20.7. The second-order valence-corrected chi connectivity index (χ2v) is 9.46. The largest absolute Gasteiger partial charge is 0.365 e. The molecular formula is C28H31N5O2. The van der Waals surface area contributed by atoms with Crippen LogP contribution in [0.4, 0.5) is 5.69 Å². The Morgan fingerprint density at radius 3 is 2.43 bits per heavy atom. The Balaban J connectivity index is 1.38. The van der Waals surface area contributed by atoms with Gasteiger partial charge in [-0.05, 0) is 57.5 Å². The molecule has 0 unspecified atom stereocenters. The number of hydrogen-bond acceptors (Lipinski definition) is 4.